The largest absolute Gasteiger partial charge is 0.397 e. The van der Waals surface area contributed by atoms with Crippen LogP contribution in [0.5, 0.6) is 0 Å². The summed E-state index contributed by atoms with van der Waals surface area (Å²) in [5.41, 5.74) is 2.54. The van der Waals surface area contributed by atoms with Crippen LogP contribution in [-0.2, 0) is 7.05 Å². The third-order valence-electron chi connectivity index (χ3n) is 5.55. The Balaban J connectivity index is 0.000000968. The Bertz CT molecular complexity index is 1140. The molecule has 2 heterocycles. The summed E-state index contributed by atoms with van der Waals surface area (Å²) < 4.78 is 17.5. The van der Waals surface area contributed by atoms with Gasteiger partial charge >= 0.3 is 0 Å². The van der Waals surface area contributed by atoms with Gasteiger partial charge in [-0.2, -0.15) is 0 Å². The van der Waals surface area contributed by atoms with Crippen molar-refractivity contribution >= 4 is 28.7 Å². The van der Waals surface area contributed by atoms with Gasteiger partial charge in [-0.05, 0) is 50.3 Å². The lowest BCUT2D eigenvalue weighted by Gasteiger charge is -2.37. The van der Waals surface area contributed by atoms with Crippen LogP contribution in [0.15, 0.2) is 59.4 Å². The second-order valence-electron chi connectivity index (χ2n) is 7.61. The zero-order valence-corrected chi connectivity index (χ0v) is 20.0. The Morgan fingerprint density at radius 2 is 1.64 bits per heavy atom. The first kappa shape index (κ1) is 24.5. The number of hydrogen-bond donors (Lipinski definition) is 2. The molecule has 0 unspecified atom stereocenters. The maximum absolute atomic E-state index is 14.1. The standard InChI is InChI=1S/C22H24FN5OS.C2H6O/c1-16-20(21(29)28(25(16)2)17-8-4-3-5-9-17)24-22(30)27-14-12-26(13-15-27)19-11-7-6-10-18(19)23;1-2-3/h3-11H,12-15H2,1-2H3,(H,24,30);3H,2H2,1H3. The van der Waals surface area contributed by atoms with Crippen molar-refractivity contribution in [3.63, 3.8) is 0 Å². The average Bonchev–Trinajstić information content (AvgIpc) is 3.03. The third-order valence-corrected chi connectivity index (χ3v) is 5.91. The normalized spacial score (nSPS) is 13.4. The molecule has 0 saturated carbocycles. The molecule has 1 aliphatic rings. The van der Waals surface area contributed by atoms with E-state index in [1.807, 2.05) is 64.9 Å². The van der Waals surface area contributed by atoms with Gasteiger partial charge in [-0.1, -0.05) is 30.3 Å². The molecule has 2 N–H and O–H groups in total. The number of aliphatic hydroxyl groups excluding tert-OH is 1. The van der Waals surface area contributed by atoms with E-state index in [0.29, 0.717) is 42.7 Å². The van der Waals surface area contributed by atoms with Crippen LogP contribution in [0.2, 0.25) is 0 Å². The smallest absolute Gasteiger partial charge is 0.295 e. The van der Waals surface area contributed by atoms with Crippen molar-refractivity contribution in [2.75, 3.05) is 43.0 Å². The Morgan fingerprint density at radius 3 is 2.24 bits per heavy atom. The van der Waals surface area contributed by atoms with E-state index in [-0.39, 0.29) is 18.0 Å². The van der Waals surface area contributed by atoms with Gasteiger partial charge in [-0.25, -0.2) is 9.07 Å². The number of hydrogen-bond acceptors (Lipinski definition) is 4. The van der Waals surface area contributed by atoms with Crippen LogP contribution in [-0.4, -0.2) is 57.3 Å². The van der Waals surface area contributed by atoms with E-state index in [1.165, 1.54) is 6.07 Å². The van der Waals surface area contributed by atoms with Crippen molar-refractivity contribution in [1.82, 2.24) is 14.3 Å². The number of para-hydroxylation sites is 2. The lowest BCUT2D eigenvalue weighted by atomic mass is 10.2. The zero-order chi connectivity index (χ0) is 24.0. The number of aliphatic hydroxyl groups is 1. The van der Waals surface area contributed by atoms with Crippen LogP contribution in [0.4, 0.5) is 15.8 Å². The van der Waals surface area contributed by atoms with Crippen molar-refractivity contribution in [2.24, 2.45) is 7.05 Å². The van der Waals surface area contributed by atoms with Gasteiger partial charge in [0.05, 0.1) is 17.1 Å². The number of piperazine rings is 1. The summed E-state index contributed by atoms with van der Waals surface area (Å²) in [7, 11) is 1.85. The summed E-state index contributed by atoms with van der Waals surface area (Å²) in [5.74, 6) is -0.215. The van der Waals surface area contributed by atoms with Crippen LogP contribution in [0.25, 0.3) is 5.69 Å². The molecule has 2 aromatic carbocycles. The molecule has 0 aliphatic carbocycles. The second-order valence-corrected chi connectivity index (χ2v) is 8.00. The van der Waals surface area contributed by atoms with Crippen LogP contribution in [0, 0.1) is 12.7 Å². The van der Waals surface area contributed by atoms with Gasteiger partial charge in [-0.15, -0.1) is 0 Å². The molecule has 4 rings (SSSR count). The van der Waals surface area contributed by atoms with E-state index in [4.69, 9.17) is 17.3 Å². The van der Waals surface area contributed by atoms with Crippen LogP contribution >= 0.6 is 12.2 Å². The molecule has 9 heteroatoms. The number of thiocarbonyl (C=S) groups is 1. The summed E-state index contributed by atoms with van der Waals surface area (Å²) in [6, 6.07) is 16.3. The minimum atomic E-state index is -0.215. The highest BCUT2D eigenvalue weighted by atomic mass is 32.1. The van der Waals surface area contributed by atoms with E-state index in [1.54, 1.807) is 23.7 Å². The molecule has 0 spiro atoms. The number of aromatic nitrogens is 2. The van der Waals surface area contributed by atoms with Gasteiger partial charge in [0.2, 0.25) is 0 Å². The third kappa shape index (κ3) is 5.43. The highest BCUT2D eigenvalue weighted by Crippen LogP contribution is 2.21. The Morgan fingerprint density at radius 1 is 1.06 bits per heavy atom. The van der Waals surface area contributed by atoms with Gasteiger partial charge in [0, 0.05) is 39.8 Å². The van der Waals surface area contributed by atoms with Gasteiger partial charge in [0.15, 0.2) is 5.11 Å². The monoisotopic (exact) mass is 471 g/mol. The number of halogens is 1. The lowest BCUT2D eigenvalue weighted by Crippen LogP contribution is -2.50. The van der Waals surface area contributed by atoms with Crippen molar-refractivity contribution < 1.29 is 9.50 Å². The van der Waals surface area contributed by atoms with Crippen molar-refractivity contribution in [2.45, 2.75) is 13.8 Å². The summed E-state index contributed by atoms with van der Waals surface area (Å²) >= 11 is 5.59. The topological polar surface area (TPSA) is 65.7 Å². The molecular formula is C24H30FN5O2S. The first-order chi connectivity index (χ1) is 15.9. The van der Waals surface area contributed by atoms with E-state index in [2.05, 4.69) is 5.32 Å². The minimum Gasteiger partial charge on any atom is -0.397 e. The quantitative estimate of drug-likeness (QED) is 0.573. The Hall–Kier alpha value is -3.17. The van der Waals surface area contributed by atoms with Gasteiger partial charge in [0.25, 0.3) is 5.56 Å². The van der Waals surface area contributed by atoms with Crippen molar-refractivity contribution in [3.8, 4) is 5.69 Å². The zero-order valence-electron chi connectivity index (χ0n) is 19.2. The summed E-state index contributed by atoms with van der Waals surface area (Å²) in [6.07, 6.45) is 0. The molecule has 1 fully saturated rings. The highest BCUT2D eigenvalue weighted by Gasteiger charge is 2.23. The molecule has 0 radical (unpaired) electrons. The fourth-order valence-corrected chi connectivity index (χ4v) is 4.04. The predicted molar refractivity (Wildman–Crippen MR) is 135 cm³/mol. The SMILES string of the molecule is CCO.Cc1c(NC(=S)N2CCN(c3ccccc3F)CC2)c(=O)n(-c2ccccc2)n1C. The van der Waals surface area contributed by atoms with E-state index < -0.39 is 0 Å². The average molecular weight is 472 g/mol. The van der Waals surface area contributed by atoms with Crippen LogP contribution < -0.4 is 15.8 Å². The maximum Gasteiger partial charge on any atom is 0.295 e. The molecule has 3 aromatic rings. The van der Waals surface area contributed by atoms with E-state index in [0.717, 1.165) is 11.4 Å². The van der Waals surface area contributed by atoms with Crippen molar-refractivity contribution in [3.05, 3.63) is 76.5 Å². The fourth-order valence-electron chi connectivity index (χ4n) is 3.76. The number of anilines is 2. The van der Waals surface area contributed by atoms with E-state index >= 15 is 0 Å². The predicted octanol–water partition coefficient (Wildman–Crippen LogP) is 3.14. The Kier molecular flexibility index (Phi) is 8.24. The van der Waals surface area contributed by atoms with Crippen LogP contribution in [0.1, 0.15) is 12.6 Å². The number of nitrogens with one attached hydrogen (secondary N) is 1. The molecule has 176 valence electrons. The first-order valence-electron chi connectivity index (χ1n) is 10.9. The fraction of sp³-hybridized carbons (Fsp3) is 0.333. The minimum absolute atomic E-state index is 0.145. The number of rotatable bonds is 3. The molecule has 0 atom stereocenters. The second kappa shape index (κ2) is 11.1. The summed E-state index contributed by atoms with van der Waals surface area (Å²) in [4.78, 5) is 17.1. The first-order valence-corrected chi connectivity index (χ1v) is 11.3. The molecule has 33 heavy (non-hydrogen) atoms. The van der Waals surface area contributed by atoms with Gasteiger partial charge in [-0.3, -0.25) is 9.48 Å². The molecule has 0 amide bonds. The highest BCUT2D eigenvalue weighted by molar-refractivity contribution is 7.80. The van der Waals surface area contributed by atoms with Crippen molar-refractivity contribution in [1.29, 1.82) is 0 Å². The van der Waals surface area contributed by atoms with E-state index in [9.17, 15) is 9.18 Å². The van der Waals surface area contributed by atoms with Crippen LogP contribution in [0.3, 0.4) is 0 Å². The lowest BCUT2D eigenvalue weighted by molar-refractivity contribution is 0.318. The molecule has 0 bridgehead atoms. The van der Waals surface area contributed by atoms with Gasteiger partial charge < -0.3 is 20.2 Å². The maximum atomic E-state index is 14.1. The van der Waals surface area contributed by atoms with Gasteiger partial charge in [0.1, 0.15) is 11.5 Å². The molecule has 1 aliphatic heterocycles. The number of benzene rings is 2. The Labute approximate surface area is 198 Å². The number of nitrogens with zero attached hydrogens (tertiary/aromatic N) is 4. The molecule has 1 aromatic heterocycles. The molecule has 1 saturated heterocycles. The summed E-state index contributed by atoms with van der Waals surface area (Å²) in [5, 5.41) is 11.2. The summed E-state index contributed by atoms with van der Waals surface area (Å²) in [6.45, 7) is 6.44. The molecular weight excluding hydrogens is 441 g/mol. The molecule has 7 nitrogen and oxygen atoms in total.